The molecule has 1 aliphatic heterocycles. The molecule has 1 saturated heterocycles. The summed E-state index contributed by atoms with van der Waals surface area (Å²) in [6.45, 7) is 0.616. The Bertz CT molecular complexity index is 786. The van der Waals surface area contributed by atoms with Crippen molar-refractivity contribution >= 4 is 11.8 Å². The zero-order valence-corrected chi connectivity index (χ0v) is 15.2. The number of likely N-dealkylation sites (N-methyl/N-ethyl adjacent to an activating group) is 1. The van der Waals surface area contributed by atoms with Gasteiger partial charge in [0.05, 0.1) is 7.11 Å². The highest BCUT2D eigenvalue weighted by atomic mass is 16.5. The summed E-state index contributed by atoms with van der Waals surface area (Å²) < 4.78 is 5.41. The summed E-state index contributed by atoms with van der Waals surface area (Å²) >= 11 is 0. The van der Waals surface area contributed by atoms with Crippen LogP contribution in [-0.2, 0) is 4.79 Å². The van der Waals surface area contributed by atoms with Crippen molar-refractivity contribution in [1.82, 2.24) is 10.2 Å². The van der Waals surface area contributed by atoms with Gasteiger partial charge in [-0.2, -0.15) is 0 Å². The highest BCUT2D eigenvalue weighted by Crippen LogP contribution is 2.30. The van der Waals surface area contributed by atoms with Gasteiger partial charge in [-0.15, -0.1) is 0 Å². The minimum Gasteiger partial charge on any atom is -0.496 e. The molecule has 136 valence electrons. The van der Waals surface area contributed by atoms with E-state index in [-0.39, 0.29) is 17.9 Å². The van der Waals surface area contributed by atoms with E-state index in [2.05, 4.69) is 5.32 Å². The molecule has 5 nitrogen and oxygen atoms in total. The van der Waals surface area contributed by atoms with Crippen molar-refractivity contribution < 1.29 is 14.3 Å². The van der Waals surface area contributed by atoms with E-state index in [9.17, 15) is 9.59 Å². The number of ether oxygens (including phenoxy) is 1. The predicted molar refractivity (Wildman–Crippen MR) is 101 cm³/mol. The third kappa shape index (κ3) is 3.57. The first-order valence-electron chi connectivity index (χ1n) is 8.91. The lowest BCUT2D eigenvalue weighted by atomic mass is 9.99. The first-order chi connectivity index (χ1) is 12.7. The van der Waals surface area contributed by atoms with Crippen molar-refractivity contribution in [2.24, 2.45) is 0 Å². The highest BCUT2D eigenvalue weighted by molar-refractivity contribution is 5.98. The first kappa shape index (κ1) is 18.0. The second kappa shape index (κ2) is 8.04. The second-order valence-corrected chi connectivity index (χ2v) is 6.40. The monoisotopic (exact) mass is 352 g/mol. The minimum absolute atomic E-state index is 0.0927. The quantitative estimate of drug-likeness (QED) is 0.920. The van der Waals surface area contributed by atoms with Crippen LogP contribution in [0.5, 0.6) is 5.75 Å². The van der Waals surface area contributed by atoms with Gasteiger partial charge in [0.1, 0.15) is 11.8 Å². The standard InChI is InChI=1S/C21H24N2O3/c1-22-20(24)18-8-5-6-14-23(18)21(25)16-12-10-15(11-13-16)17-7-3-4-9-19(17)26-2/h3-4,7,9-13,18H,5-6,8,14H2,1-2H3,(H,22,24)/t18-/m1/s1. The summed E-state index contributed by atoms with van der Waals surface area (Å²) in [6.07, 6.45) is 2.61. The second-order valence-electron chi connectivity index (χ2n) is 6.40. The smallest absolute Gasteiger partial charge is 0.254 e. The normalized spacial score (nSPS) is 16.8. The molecular weight excluding hydrogens is 328 g/mol. The van der Waals surface area contributed by atoms with E-state index in [0.29, 0.717) is 18.5 Å². The molecular formula is C21H24N2O3. The van der Waals surface area contributed by atoms with E-state index < -0.39 is 0 Å². The zero-order chi connectivity index (χ0) is 18.5. The van der Waals surface area contributed by atoms with Crippen LogP contribution in [0.25, 0.3) is 11.1 Å². The van der Waals surface area contributed by atoms with Crippen LogP contribution in [0.1, 0.15) is 29.6 Å². The summed E-state index contributed by atoms with van der Waals surface area (Å²) in [4.78, 5) is 26.7. The number of hydrogen-bond donors (Lipinski definition) is 1. The number of hydrogen-bond acceptors (Lipinski definition) is 3. The van der Waals surface area contributed by atoms with Crippen molar-refractivity contribution in [2.45, 2.75) is 25.3 Å². The number of nitrogens with zero attached hydrogens (tertiary/aromatic N) is 1. The van der Waals surface area contributed by atoms with Gasteiger partial charge < -0.3 is 15.0 Å². The molecule has 0 bridgehead atoms. The van der Waals surface area contributed by atoms with E-state index in [0.717, 1.165) is 29.7 Å². The lowest BCUT2D eigenvalue weighted by Gasteiger charge is -2.34. The van der Waals surface area contributed by atoms with Gasteiger partial charge in [0.15, 0.2) is 0 Å². The number of carbonyl (C=O) groups excluding carboxylic acids is 2. The minimum atomic E-state index is -0.379. The van der Waals surface area contributed by atoms with E-state index in [1.165, 1.54) is 0 Å². The molecule has 26 heavy (non-hydrogen) atoms. The molecule has 0 spiro atoms. The largest absolute Gasteiger partial charge is 0.496 e. The van der Waals surface area contributed by atoms with Crippen molar-refractivity contribution in [2.75, 3.05) is 20.7 Å². The van der Waals surface area contributed by atoms with Crippen LogP contribution in [0.15, 0.2) is 48.5 Å². The van der Waals surface area contributed by atoms with Gasteiger partial charge >= 0.3 is 0 Å². The molecule has 3 rings (SSSR count). The van der Waals surface area contributed by atoms with Gasteiger partial charge in [0.25, 0.3) is 5.91 Å². The third-order valence-electron chi connectivity index (χ3n) is 4.86. The van der Waals surface area contributed by atoms with Crippen LogP contribution in [-0.4, -0.2) is 43.5 Å². The number of benzene rings is 2. The van der Waals surface area contributed by atoms with Gasteiger partial charge in [-0.3, -0.25) is 9.59 Å². The summed E-state index contributed by atoms with van der Waals surface area (Å²) in [6, 6.07) is 14.9. The van der Waals surface area contributed by atoms with Gasteiger partial charge in [-0.25, -0.2) is 0 Å². The highest BCUT2D eigenvalue weighted by Gasteiger charge is 2.31. The van der Waals surface area contributed by atoms with Gasteiger partial charge in [-0.1, -0.05) is 30.3 Å². The molecule has 0 aromatic heterocycles. The Morgan fingerprint density at radius 2 is 1.81 bits per heavy atom. The summed E-state index contributed by atoms with van der Waals surface area (Å²) in [7, 11) is 3.26. The summed E-state index contributed by atoms with van der Waals surface area (Å²) in [5, 5.41) is 2.67. The van der Waals surface area contributed by atoms with E-state index in [1.807, 2.05) is 48.5 Å². The SMILES string of the molecule is CNC(=O)[C@H]1CCCCN1C(=O)c1ccc(-c2ccccc2OC)cc1. The lowest BCUT2D eigenvalue weighted by molar-refractivity contribution is -0.126. The Balaban J connectivity index is 1.83. The van der Waals surface area contributed by atoms with Crippen LogP contribution in [0.2, 0.25) is 0 Å². The van der Waals surface area contributed by atoms with Crippen LogP contribution in [0.4, 0.5) is 0 Å². The average Bonchev–Trinajstić information content (AvgIpc) is 2.72. The van der Waals surface area contributed by atoms with Crippen LogP contribution < -0.4 is 10.1 Å². The summed E-state index contributed by atoms with van der Waals surface area (Å²) in [5.41, 5.74) is 2.56. The number of piperidine rings is 1. The third-order valence-corrected chi connectivity index (χ3v) is 4.86. The Hall–Kier alpha value is -2.82. The topological polar surface area (TPSA) is 58.6 Å². The van der Waals surface area contributed by atoms with Crippen molar-refractivity contribution in [3.05, 3.63) is 54.1 Å². The molecule has 1 heterocycles. The first-order valence-corrected chi connectivity index (χ1v) is 8.91. The molecule has 1 fully saturated rings. The number of carbonyl (C=O) groups is 2. The number of likely N-dealkylation sites (tertiary alicyclic amines) is 1. The fraction of sp³-hybridized carbons (Fsp3) is 0.333. The average molecular weight is 352 g/mol. The summed E-state index contributed by atoms with van der Waals surface area (Å²) in [5.74, 6) is 0.607. The number of nitrogens with one attached hydrogen (secondary N) is 1. The molecule has 1 atom stereocenters. The predicted octanol–water partition coefficient (Wildman–Crippen LogP) is 3.10. The lowest BCUT2D eigenvalue weighted by Crippen LogP contribution is -2.51. The van der Waals surface area contributed by atoms with Crippen LogP contribution in [0.3, 0.4) is 0 Å². The van der Waals surface area contributed by atoms with Crippen molar-refractivity contribution in [1.29, 1.82) is 0 Å². The molecule has 1 N–H and O–H groups in total. The fourth-order valence-corrected chi connectivity index (χ4v) is 3.46. The number of amides is 2. The Morgan fingerprint density at radius 3 is 2.50 bits per heavy atom. The molecule has 5 heteroatoms. The molecule has 0 saturated carbocycles. The van der Waals surface area contributed by atoms with E-state index in [4.69, 9.17) is 4.74 Å². The maximum absolute atomic E-state index is 12.9. The molecule has 2 aromatic rings. The van der Waals surface area contributed by atoms with Crippen LogP contribution >= 0.6 is 0 Å². The maximum Gasteiger partial charge on any atom is 0.254 e. The van der Waals surface area contributed by atoms with Gasteiger partial charge in [0.2, 0.25) is 5.91 Å². The number of para-hydroxylation sites is 1. The van der Waals surface area contributed by atoms with Gasteiger partial charge in [-0.05, 0) is 43.0 Å². The molecule has 0 unspecified atom stereocenters. The Kier molecular flexibility index (Phi) is 5.56. The number of methoxy groups -OCH3 is 1. The molecule has 2 amide bonds. The van der Waals surface area contributed by atoms with Crippen LogP contribution in [0, 0.1) is 0 Å². The molecule has 0 radical (unpaired) electrons. The number of rotatable bonds is 4. The molecule has 1 aliphatic rings. The van der Waals surface area contributed by atoms with Crippen molar-refractivity contribution in [3.8, 4) is 16.9 Å². The van der Waals surface area contributed by atoms with E-state index >= 15 is 0 Å². The Morgan fingerprint density at radius 1 is 1.08 bits per heavy atom. The molecule has 2 aromatic carbocycles. The Labute approximate surface area is 154 Å². The van der Waals surface area contributed by atoms with Crippen molar-refractivity contribution in [3.63, 3.8) is 0 Å². The maximum atomic E-state index is 12.9. The molecule has 0 aliphatic carbocycles. The zero-order valence-electron chi connectivity index (χ0n) is 15.2. The van der Waals surface area contributed by atoms with Gasteiger partial charge in [0, 0.05) is 24.7 Å². The fourth-order valence-electron chi connectivity index (χ4n) is 3.46. The van der Waals surface area contributed by atoms with E-state index in [1.54, 1.807) is 19.1 Å².